The first kappa shape index (κ1) is 10.6. The van der Waals surface area contributed by atoms with Gasteiger partial charge in [0.05, 0.1) is 0 Å². The summed E-state index contributed by atoms with van der Waals surface area (Å²) < 4.78 is 2.20. The van der Waals surface area contributed by atoms with Gasteiger partial charge in [0, 0.05) is 18.9 Å². The maximum Gasteiger partial charge on any atom is 0.105 e. The van der Waals surface area contributed by atoms with Crippen molar-refractivity contribution in [2.24, 2.45) is 11.8 Å². The van der Waals surface area contributed by atoms with Crippen LogP contribution in [0.25, 0.3) is 0 Å². The molecule has 1 aromatic rings. The van der Waals surface area contributed by atoms with Gasteiger partial charge in [-0.15, -0.1) is 0 Å². The van der Waals surface area contributed by atoms with E-state index in [2.05, 4.69) is 36.0 Å². The molecule has 0 amide bonds. The summed E-state index contributed by atoms with van der Waals surface area (Å²) in [5, 5.41) is 0. The number of aryl methyl sites for hydroxylation is 1. The van der Waals surface area contributed by atoms with Crippen molar-refractivity contribution in [1.82, 2.24) is 9.55 Å². The molecular weight excluding hydrogens is 180 g/mol. The predicted octanol–water partition coefficient (Wildman–Crippen LogP) is 2.39. The van der Waals surface area contributed by atoms with Gasteiger partial charge in [-0.25, -0.2) is 4.98 Å². The van der Waals surface area contributed by atoms with Gasteiger partial charge < -0.3 is 4.57 Å². The molecule has 0 bridgehead atoms. The summed E-state index contributed by atoms with van der Waals surface area (Å²) >= 11 is 4.37. The van der Waals surface area contributed by atoms with Crippen molar-refractivity contribution >= 4 is 12.6 Å². The van der Waals surface area contributed by atoms with Gasteiger partial charge in [-0.3, -0.25) is 0 Å². The minimum absolute atomic E-state index is 0.635. The van der Waals surface area contributed by atoms with Gasteiger partial charge in [0.1, 0.15) is 5.82 Å². The summed E-state index contributed by atoms with van der Waals surface area (Å²) in [6.07, 6.45) is 3.89. The lowest BCUT2D eigenvalue weighted by Crippen LogP contribution is -2.18. The Morgan fingerprint density at radius 1 is 1.54 bits per heavy atom. The highest BCUT2D eigenvalue weighted by Gasteiger charge is 2.12. The summed E-state index contributed by atoms with van der Waals surface area (Å²) in [6, 6.07) is 0. The Labute approximate surface area is 85.8 Å². The van der Waals surface area contributed by atoms with Crippen LogP contribution in [0.15, 0.2) is 12.4 Å². The van der Waals surface area contributed by atoms with Gasteiger partial charge in [0.25, 0.3) is 0 Å². The second kappa shape index (κ2) is 4.70. The normalized spacial score (nSPS) is 13.6. The molecule has 3 heteroatoms. The van der Waals surface area contributed by atoms with Crippen LogP contribution in [-0.4, -0.2) is 15.3 Å². The Bertz CT molecular complexity index is 255. The van der Waals surface area contributed by atoms with E-state index in [0.717, 1.165) is 18.1 Å². The largest absolute Gasteiger partial charge is 0.335 e. The average molecular weight is 198 g/mol. The zero-order valence-electron chi connectivity index (χ0n) is 8.57. The van der Waals surface area contributed by atoms with E-state index in [-0.39, 0.29) is 0 Å². The molecule has 1 heterocycles. The van der Waals surface area contributed by atoms with E-state index >= 15 is 0 Å². The first-order chi connectivity index (χ1) is 6.15. The molecular formula is C10H18N2S. The quantitative estimate of drug-likeness (QED) is 0.736. The average Bonchev–Trinajstić information content (AvgIpc) is 2.46. The van der Waals surface area contributed by atoms with Crippen LogP contribution in [0.4, 0.5) is 0 Å². The molecule has 2 nitrogen and oxygen atoms in total. The Kier molecular flexibility index (Phi) is 3.85. The molecule has 0 aliphatic heterocycles. The van der Waals surface area contributed by atoms with Gasteiger partial charge >= 0.3 is 0 Å². The monoisotopic (exact) mass is 198 g/mol. The number of imidazole rings is 1. The number of hydrogen-bond donors (Lipinski definition) is 1. The van der Waals surface area contributed by atoms with Crippen molar-refractivity contribution < 1.29 is 0 Å². The van der Waals surface area contributed by atoms with E-state index in [1.54, 1.807) is 0 Å². The molecule has 0 aromatic carbocycles. The molecule has 1 unspecified atom stereocenters. The van der Waals surface area contributed by atoms with Crippen LogP contribution in [0.2, 0.25) is 0 Å². The van der Waals surface area contributed by atoms with Crippen molar-refractivity contribution in [1.29, 1.82) is 0 Å². The number of thiol groups is 1. The lowest BCUT2D eigenvalue weighted by atomic mass is 9.98. The third-order valence-electron chi connectivity index (χ3n) is 2.53. The summed E-state index contributed by atoms with van der Waals surface area (Å²) in [4.78, 5) is 4.20. The number of aromatic nitrogens is 2. The van der Waals surface area contributed by atoms with Gasteiger partial charge in [0.15, 0.2) is 0 Å². The summed E-state index contributed by atoms with van der Waals surface area (Å²) in [5.41, 5.74) is 0. The predicted molar refractivity (Wildman–Crippen MR) is 59.1 cm³/mol. The fourth-order valence-corrected chi connectivity index (χ4v) is 1.87. The van der Waals surface area contributed by atoms with Crippen LogP contribution >= 0.6 is 12.6 Å². The van der Waals surface area contributed by atoms with Gasteiger partial charge in [-0.2, -0.15) is 12.6 Å². The fourth-order valence-electron chi connectivity index (χ4n) is 1.33. The Morgan fingerprint density at radius 2 is 2.23 bits per heavy atom. The van der Waals surface area contributed by atoms with Gasteiger partial charge in [0.2, 0.25) is 0 Å². The van der Waals surface area contributed by atoms with Gasteiger partial charge in [-0.05, 0) is 24.5 Å². The first-order valence-corrected chi connectivity index (χ1v) is 5.37. The first-order valence-electron chi connectivity index (χ1n) is 4.73. The van der Waals surface area contributed by atoms with E-state index in [0.29, 0.717) is 11.8 Å². The molecule has 0 radical (unpaired) electrons. The zero-order valence-corrected chi connectivity index (χ0v) is 9.46. The fraction of sp³-hybridized carbons (Fsp3) is 0.700. The lowest BCUT2D eigenvalue weighted by molar-refractivity contribution is 0.369. The topological polar surface area (TPSA) is 17.8 Å². The third kappa shape index (κ3) is 2.76. The van der Waals surface area contributed by atoms with Crippen molar-refractivity contribution in [3.63, 3.8) is 0 Å². The number of hydrogen-bond acceptors (Lipinski definition) is 2. The maximum absolute atomic E-state index is 4.37. The molecule has 13 heavy (non-hydrogen) atoms. The van der Waals surface area contributed by atoms with E-state index in [9.17, 15) is 0 Å². The molecule has 0 saturated carbocycles. The van der Waals surface area contributed by atoms with Crippen molar-refractivity contribution in [2.75, 3.05) is 5.75 Å². The second-order valence-electron chi connectivity index (χ2n) is 3.81. The van der Waals surface area contributed by atoms with Crippen molar-refractivity contribution in [3.05, 3.63) is 18.2 Å². The minimum Gasteiger partial charge on any atom is -0.335 e. The highest BCUT2D eigenvalue weighted by molar-refractivity contribution is 7.80. The molecule has 0 fully saturated rings. The molecule has 0 spiro atoms. The summed E-state index contributed by atoms with van der Waals surface area (Å²) in [7, 11) is 0. The van der Waals surface area contributed by atoms with E-state index in [4.69, 9.17) is 0 Å². The van der Waals surface area contributed by atoms with Crippen LogP contribution in [0.3, 0.4) is 0 Å². The molecule has 74 valence electrons. The maximum atomic E-state index is 4.37. The molecule has 1 atom stereocenters. The van der Waals surface area contributed by atoms with Crippen LogP contribution in [0, 0.1) is 18.8 Å². The smallest absolute Gasteiger partial charge is 0.105 e. The minimum atomic E-state index is 0.635. The summed E-state index contributed by atoms with van der Waals surface area (Å²) in [5.74, 6) is 3.35. The van der Waals surface area contributed by atoms with Crippen LogP contribution < -0.4 is 0 Å². The number of rotatable bonds is 4. The van der Waals surface area contributed by atoms with Crippen LogP contribution in [0.1, 0.15) is 19.7 Å². The van der Waals surface area contributed by atoms with Crippen molar-refractivity contribution in [2.45, 2.75) is 27.3 Å². The Hall–Kier alpha value is -0.440. The summed E-state index contributed by atoms with van der Waals surface area (Å²) in [6.45, 7) is 7.56. The Balaban J connectivity index is 2.62. The van der Waals surface area contributed by atoms with E-state index in [1.807, 2.05) is 19.3 Å². The van der Waals surface area contributed by atoms with Crippen LogP contribution in [0.5, 0.6) is 0 Å². The van der Waals surface area contributed by atoms with E-state index in [1.165, 1.54) is 0 Å². The van der Waals surface area contributed by atoms with Crippen molar-refractivity contribution in [3.8, 4) is 0 Å². The number of nitrogens with zero attached hydrogens (tertiary/aromatic N) is 2. The molecule has 0 saturated heterocycles. The molecule has 1 aromatic heterocycles. The zero-order chi connectivity index (χ0) is 9.84. The molecule has 0 aliphatic rings. The molecule has 0 N–H and O–H groups in total. The standard InChI is InChI=1S/C10H18N2S/c1-8(2)10(7-13)6-12-5-4-11-9(12)3/h4-5,8,10,13H,6-7H2,1-3H3. The third-order valence-corrected chi connectivity index (χ3v) is 3.00. The van der Waals surface area contributed by atoms with Crippen LogP contribution in [-0.2, 0) is 6.54 Å². The molecule has 0 aliphatic carbocycles. The van der Waals surface area contributed by atoms with E-state index < -0.39 is 0 Å². The second-order valence-corrected chi connectivity index (χ2v) is 4.18. The SMILES string of the molecule is Cc1nccn1CC(CS)C(C)C. The van der Waals surface area contributed by atoms with Gasteiger partial charge in [-0.1, -0.05) is 13.8 Å². The lowest BCUT2D eigenvalue weighted by Gasteiger charge is -2.19. The Morgan fingerprint density at radius 3 is 2.62 bits per heavy atom. The molecule has 1 rings (SSSR count). The highest BCUT2D eigenvalue weighted by atomic mass is 32.1. The highest BCUT2D eigenvalue weighted by Crippen LogP contribution is 2.15.